The first kappa shape index (κ1) is 17.4. The summed E-state index contributed by atoms with van der Waals surface area (Å²) in [5, 5.41) is 4.41. The molecule has 1 N–H and O–H groups in total. The van der Waals surface area contributed by atoms with Crippen LogP contribution in [0.2, 0.25) is 0 Å². The van der Waals surface area contributed by atoms with Crippen LogP contribution in [0.1, 0.15) is 58.9 Å². The highest BCUT2D eigenvalue weighted by atomic mass is 79.9. The summed E-state index contributed by atoms with van der Waals surface area (Å²) in [7, 11) is 0. The van der Waals surface area contributed by atoms with Gasteiger partial charge in [0.25, 0.3) is 0 Å². The molecule has 118 valence electrons. The van der Waals surface area contributed by atoms with Crippen molar-refractivity contribution in [2.24, 2.45) is 5.92 Å². The van der Waals surface area contributed by atoms with Gasteiger partial charge in [-0.05, 0) is 63.3 Å². The van der Waals surface area contributed by atoms with E-state index >= 15 is 0 Å². The van der Waals surface area contributed by atoms with E-state index < -0.39 is 0 Å². The Kier molecular flexibility index (Phi) is 6.22. The molecule has 1 aromatic carbocycles. The van der Waals surface area contributed by atoms with E-state index in [0.717, 1.165) is 17.7 Å². The first-order valence-corrected chi connectivity index (χ1v) is 9.71. The minimum absolute atomic E-state index is 0.156. The van der Waals surface area contributed by atoms with Crippen LogP contribution in [0.4, 0.5) is 0 Å². The summed E-state index contributed by atoms with van der Waals surface area (Å²) in [5.74, 6) is 0.892. The van der Waals surface area contributed by atoms with E-state index in [1.807, 2.05) is 0 Å². The fourth-order valence-corrected chi connectivity index (χ4v) is 4.73. The Labute approximate surface area is 142 Å². The molecule has 0 radical (unpaired) electrons. The van der Waals surface area contributed by atoms with Crippen molar-refractivity contribution in [3.05, 3.63) is 28.2 Å². The van der Waals surface area contributed by atoms with Crippen LogP contribution in [0.15, 0.2) is 27.6 Å². The van der Waals surface area contributed by atoms with Gasteiger partial charge in [-0.1, -0.05) is 35.7 Å². The Hall–Kier alpha value is 0.01000. The van der Waals surface area contributed by atoms with Crippen LogP contribution in [0.3, 0.4) is 0 Å². The maximum atomic E-state index is 3.62. The predicted octanol–water partition coefficient (Wildman–Crippen LogP) is 6.01. The lowest BCUT2D eigenvalue weighted by Crippen LogP contribution is -2.35. The second-order valence-corrected chi connectivity index (χ2v) is 9.63. The number of rotatable bonds is 4. The van der Waals surface area contributed by atoms with Crippen LogP contribution < -0.4 is 5.32 Å². The molecule has 1 nitrogen and oxygen atoms in total. The smallest absolute Gasteiger partial charge is 0.0221 e. The van der Waals surface area contributed by atoms with Crippen LogP contribution in [-0.2, 0) is 6.54 Å². The molecular weight excluding hydrogens is 342 g/mol. The maximum Gasteiger partial charge on any atom is 0.0221 e. The van der Waals surface area contributed by atoms with Gasteiger partial charge in [-0.2, -0.15) is 0 Å². The zero-order valence-electron chi connectivity index (χ0n) is 13.7. The van der Waals surface area contributed by atoms with E-state index in [9.17, 15) is 0 Å². The van der Waals surface area contributed by atoms with Crippen molar-refractivity contribution in [3.8, 4) is 0 Å². The SMILES string of the molecule is CC1CCCC(Sc2ccc(Br)cc2CNC(C)(C)C)C1. The minimum atomic E-state index is 0.156. The third kappa shape index (κ3) is 5.96. The van der Waals surface area contributed by atoms with E-state index in [0.29, 0.717) is 0 Å². The number of halogens is 1. The van der Waals surface area contributed by atoms with E-state index in [1.165, 1.54) is 40.6 Å². The van der Waals surface area contributed by atoms with E-state index in [-0.39, 0.29) is 5.54 Å². The van der Waals surface area contributed by atoms with Crippen LogP contribution in [0.25, 0.3) is 0 Å². The Bertz CT molecular complexity index is 467. The average molecular weight is 370 g/mol. The molecule has 0 aliphatic heterocycles. The highest BCUT2D eigenvalue weighted by Crippen LogP contribution is 2.38. The summed E-state index contributed by atoms with van der Waals surface area (Å²) in [6.07, 6.45) is 5.55. The monoisotopic (exact) mass is 369 g/mol. The zero-order chi connectivity index (χ0) is 15.5. The fraction of sp³-hybridized carbons (Fsp3) is 0.667. The van der Waals surface area contributed by atoms with Gasteiger partial charge in [0.2, 0.25) is 0 Å². The van der Waals surface area contributed by atoms with Crippen molar-refractivity contribution >= 4 is 27.7 Å². The lowest BCUT2D eigenvalue weighted by Gasteiger charge is -2.27. The highest BCUT2D eigenvalue weighted by molar-refractivity contribution is 9.10. The summed E-state index contributed by atoms with van der Waals surface area (Å²) in [5.41, 5.74) is 1.58. The molecule has 1 fully saturated rings. The molecule has 0 heterocycles. The fourth-order valence-electron chi connectivity index (χ4n) is 2.83. The quantitative estimate of drug-likeness (QED) is 0.697. The maximum absolute atomic E-state index is 3.62. The zero-order valence-corrected chi connectivity index (χ0v) is 16.1. The van der Waals surface area contributed by atoms with Crippen molar-refractivity contribution in [3.63, 3.8) is 0 Å². The van der Waals surface area contributed by atoms with Crippen LogP contribution >= 0.6 is 27.7 Å². The molecule has 2 unspecified atom stereocenters. The number of benzene rings is 1. The molecule has 1 aromatic rings. The number of hydrogen-bond donors (Lipinski definition) is 1. The number of hydrogen-bond acceptors (Lipinski definition) is 2. The average Bonchev–Trinajstić information content (AvgIpc) is 2.38. The molecule has 0 aromatic heterocycles. The van der Waals surface area contributed by atoms with Crippen LogP contribution in [0, 0.1) is 5.92 Å². The summed E-state index contributed by atoms with van der Waals surface area (Å²) < 4.78 is 1.18. The molecule has 2 atom stereocenters. The predicted molar refractivity (Wildman–Crippen MR) is 98.0 cm³/mol. The summed E-state index contributed by atoms with van der Waals surface area (Å²) in [4.78, 5) is 1.45. The third-order valence-corrected chi connectivity index (χ3v) is 5.92. The van der Waals surface area contributed by atoms with Gasteiger partial charge in [-0.15, -0.1) is 11.8 Å². The molecule has 0 spiro atoms. The van der Waals surface area contributed by atoms with E-state index in [4.69, 9.17) is 0 Å². The molecule has 1 aliphatic carbocycles. The first-order valence-electron chi connectivity index (χ1n) is 8.03. The van der Waals surface area contributed by atoms with Gasteiger partial charge in [0, 0.05) is 26.7 Å². The molecule has 21 heavy (non-hydrogen) atoms. The van der Waals surface area contributed by atoms with Gasteiger partial charge >= 0.3 is 0 Å². The molecule has 3 heteroatoms. The largest absolute Gasteiger partial charge is 0.308 e. The van der Waals surface area contributed by atoms with Gasteiger partial charge in [-0.3, -0.25) is 0 Å². The first-order chi connectivity index (χ1) is 9.83. The lowest BCUT2D eigenvalue weighted by atomic mass is 9.91. The van der Waals surface area contributed by atoms with Gasteiger partial charge in [0.1, 0.15) is 0 Å². The Balaban J connectivity index is 2.07. The number of thioether (sulfide) groups is 1. The topological polar surface area (TPSA) is 12.0 Å². The van der Waals surface area contributed by atoms with Crippen molar-refractivity contribution in [2.45, 2.75) is 75.6 Å². The Morgan fingerprint density at radius 2 is 2.05 bits per heavy atom. The molecule has 0 saturated heterocycles. The minimum Gasteiger partial charge on any atom is -0.308 e. The van der Waals surface area contributed by atoms with Crippen molar-refractivity contribution in [1.82, 2.24) is 5.32 Å². The lowest BCUT2D eigenvalue weighted by molar-refractivity contribution is 0.394. The second-order valence-electron chi connectivity index (χ2n) is 7.37. The Morgan fingerprint density at radius 1 is 1.29 bits per heavy atom. The molecule has 0 bridgehead atoms. The van der Waals surface area contributed by atoms with Gasteiger partial charge < -0.3 is 5.32 Å². The standard InChI is InChI=1S/C18H28BrNS/c1-13-6-5-7-16(10-13)21-17-9-8-15(19)11-14(17)12-20-18(2,3)4/h8-9,11,13,16,20H,5-7,10,12H2,1-4H3. The van der Waals surface area contributed by atoms with Gasteiger partial charge in [-0.25, -0.2) is 0 Å². The molecule has 0 amide bonds. The van der Waals surface area contributed by atoms with E-state index in [1.54, 1.807) is 0 Å². The van der Waals surface area contributed by atoms with Gasteiger partial charge in [0.05, 0.1) is 0 Å². The molecule has 2 rings (SSSR count). The third-order valence-electron chi connectivity index (χ3n) is 4.01. The van der Waals surface area contributed by atoms with Crippen molar-refractivity contribution in [2.75, 3.05) is 0 Å². The molecule has 1 saturated carbocycles. The van der Waals surface area contributed by atoms with Gasteiger partial charge in [0.15, 0.2) is 0 Å². The Morgan fingerprint density at radius 3 is 2.71 bits per heavy atom. The number of nitrogens with one attached hydrogen (secondary N) is 1. The van der Waals surface area contributed by atoms with Crippen molar-refractivity contribution in [1.29, 1.82) is 0 Å². The van der Waals surface area contributed by atoms with Crippen LogP contribution in [-0.4, -0.2) is 10.8 Å². The highest BCUT2D eigenvalue weighted by Gasteiger charge is 2.21. The van der Waals surface area contributed by atoms with E-state index in [2.05, 4.69) is 78.9 Å². The summed E-state index contributed by atoms with van der Waals surface area (Å²) in [6, 6.07) is 6.73. The second kappa shape index (κ2) is 7.52. The molecular formula is C18H28BrNS. The van der Waals surface area contributed by atoms with Crippen molar-refractivity contribution < 1.29 is 0 Å². The molecule has 1 aliphatic rings. The van der Waals surface area contributed by atoms with Crippen LogP contribution in [0.5, 0.6) is 0 Å². The summed E-state index contributed by atoms with van der Waals surface area (Å²) >= 11 is 5.71. The summed E-state index contributed by atoms with van der Waals surface area (Å²) in [6.45, 7) is 10.0. The normalized spacial score (nSPS) is 23.3.